The summed E-state index contributed by atoms with van der Waals surface area (Å²) in [7, 11) is 0. The minimum absolute atomic E-state index is 0.263. The van der Waals surface area contributed by atoms with Gasteiger partial charge >= 0.3 is 17.9 Å². The average molecular weight is 1160 g/mol. The summed E-state index contributed by atoms with van der Waals surface area (Å²) in [6, 6.07) is 52.1. The molecule has 0 aliphatic heterocycles. The van der Waals surface area contributed by atoms with Gasteiger partial charge in [-0.3, -0.25) is 0 Å². The number of carbonyl (C=O) groups is 3. The van der Waals surface area contributed by atoms with Crippen LogP contribution < -0.4 is 28.4 Å². The molecule has 446 valence electrons. The molecule has 0 saturated heterocycles. The second-order valence-corrected chi connectivity index (χ2v) is 20.4. The highest BCUT2D eigenvalue weighted by atomic mass is 16.5. The highest BCUT2D eigenvalue weighted by Gasteiger charge is 2.17. The van der Waals surface area contributed by atoms with Crippen LogP contribution in [0.5, 0.6) is 34.5 Å². The van der Waals surface area contributed by atoms with Gasteiger partial charge in [0.2, 0.25) is 0 Å². The summed E-state index contributed by atoms with van der Waals surface area (Å²) in [5.74, 6) is 2.68. The first-order valence-corrected chi connectivity index (χ1v) is 29.7. The van der Waals surface area contributed by atoms with E-state index in [9.17, 15) is 14.4 Å². The van der Waals surface area contributed by atoms with Crippen LogP contribution in [-0.4, -0.2) is 74.1 Å². The van der Waals surface area contributed by atoms with E-state index in [0.717, 1.165) is 138 Å². The minimum atomic E-state index is -0.479. The third kappa shape index (κ3) is 20.5. The van der Waals surface area contributed by atoms with Crippen molar-refractivity contribution in [2.75, 3.05) is 46.2 Å². The summed E-state index contributed by atoms with van der Waals surface area (Å²) < 4.78 is 51.9. The van der Waals surface area contributed by atoms with Gasteiger partial charge in [0, 0.05) is 29.9 Å². The zero-order chi connectivity index (χ0) is 60.0. The topological polar surface area (TPSA) is 160 Å². The van der Waals surface area contributed by atoms with E-state index in [1.807, 2.05) is 84.9 Å². The molecule has 8 aromatic rings. The van der Waals surface area contributed by atoms with E-state index in [1.165, 1.54) is 12.2 Å². The third-order valence-corrected chi connectivity index (χ3v) is 13.8. The van der Waals surface area contributed by atoms with E-state index in [4.69, 9.17) is 52.6 Å². The van der Waals surface area contributed by atoms with E-state index in [1.54, 1.807) is 48.5 Å². The Labute approximate surface area is 504 Å². The van der Waals surface area contributed by atoms with Crippen LogP contribution in [0.2, 0.25) is 0 Å². The molecule has 0 radical (unpaired) electrons. The monoisotopic (exact) mass is 1160 g/mol. The third-order valence-electron chi connectivity index (χ3n) is 13.8. The Hall–Kier alpha value is -9.27. The van der Waals surface area contributed by atoms with Gasteiger partial charge in [0.05, 0.1) is 61.0 Å². The second-order valence-electron chi connectivity index (χ2n) is 20.4. The number of hydrogen-bond donors (Lipinski definition) is 0. The molecule has 0 N–H and O–H groups in total. The van der Waals surface area contributed by atoms with Crippen LogP contribution in [0.15, 0.2) is 189 Å². The maximum Gasteiger partial charge on any atom is 0.343 e. The summed E-state index contributed by atoms with van der Waals surface area (Å²) in [5, 5.41) is 0. The molecule has 0 fully saturated rings. The van der Waals surface area contributed by atoms with Crippen molar-refractivity contribution in [3.05, 3.63) is 206 Å². The lowest BCUT2D eigenvalue weighted by Crippen LogP contribution is -2.08. The van der Waals surface area contributed by atoms with Gasteiger partial charge in [-0.25, -0.2) is 24.4 Å². The molecule has 0 bridgehead atoms. The van der Waals surface area contributed by atoms with E-state index in [2.05, 4.69) is 50.4 Å². The van der Waals surface area contributed by atoms with Crippen molar-refractivity contribution < 1.29 is 57.0 Å². The minimum Gasteiger partial charge on any atom is -0.494 e. The molecule has 0 aliphatic rings. The maximum absolute atomic E-state index is 13.1. The Bertz CT molecular complexity index is 3440. The summed E-state index contributed by atoms with van der Waals surface area (Å²) >= 11 is 0. The number of carbonyl (C=O) groups excluding carboxylic acids is 3. The number of benzene rings is 7. The molecule has 1 heterocycles. The standard InChI is InChI=1S/C72H76N2O12/c1-4-40-78-45-46-81-65-25-19-22-56(49-65)57-28-39-66-67(50-57)74-71(70(73-66)58-23-17-20-53(47-58)51-84-62-33-31-61(32-34-62)80-42-14-11-12-16-44-83-69(76)6-3)59-24-18-21-54(48-59)52-85-63-35-37-64(38-36-63)86-72(77)55-26-29-60(30-27-55)79-41-13-9-7-8-10-15-43-82-68(75)5-2/h5-6,17-39,47-50H,2-4,7-16,40-46,51-52H2,1H3. The van der Waals surface area contributed by atoms with Crippen LogP contribution in [0.3, 0.4) is 0 Å². The van der Waals surface area contributed by atoms with Crippen LogP contribution in [-0.2, 0) is 37.0 Å². The van der Waals surface area contributed by atoms with E-state index in [0.29, 0.717) is 81.4 Å². The second kappa shape index (κ2) is 34.5. The molecule has 0 unspecified atom stereocenters. The van der Waals surface area contributed by atoms with Crippen LogP contribution in [0.1, 0.15) is 99.0 Å². The summed E-state index contributed by atoms with van der Waals surface area (Å²) in [6.07, 6.45) is 12.9. The Morgan fingerprint density at radius 3 is 1.40 bits per heavy atom. The van der Waals surface area contributed by atoms with E-state index >= 15 is 0 Å². The molecule has 0 amide bonds. The SMILES string of the molecule is C=CC(=O)OCCCCCCCCOc1ccc(C(=O)Oc2ccc(OCc3cccc(-c4nc5cc(-c6cccc(OCCOCCC)c6)ccc5nc4-c4cccc(COc5ccc(OCCCCCCOC(=O)C=C)cc5)c4)c3)cc2)cc1. The summed E-state index contributed by atoms with van der Waals surface area (Å²) in [4.78, 5) is 46.2. The predicted octanol–water partition coefficient (Wildman–Crippen LogP) is 15.9. The first-order valence-electron chi connectivity index (χ1n) is 29.7. The Kier molecular flexibility index (Phi) is 25.2. The molecular weight excluding hydrogens is 1080 g/mol. The van der Waals surface area contributed by atoms with E-state index < -0.39 is 5.97 Å². The van der Waals surface area contributed by atoms with Crippen molar-refractivity contribution in [3.63, 3.8) is 0 Å². The average Bonchev–Trinajstić information content (AvgIpc) is 1.51. The lowest BCUT2D eigenvalue weighted by atomic mass is 10.00. The molecule has 86 heavy (non-hydrogen) atoms. The van der Waals surface area contributed by atoms with Gasteiger partial charge in [0.1, 0.15) is 54.3 Å². The van der Waals surface area contributed by atoms with Crippen molar-refractivity contribution in [1.29, 1.82) is 0 Å². The first-order chi connectivity index (χ1) is 42.2. The molecule has 0 spiro atoms. The van der Waals surface area contributed by atoms with Crippen molar-refractivity contribution in [1.82, 2.24) is 9.97 Å². The molecule has 7 aromatic carbocycles. The summed E-state index contributed by atoms with van der Waals surface area (Å²) in [6.45, 7) is 13.2. The summed E-state index contributed by atoms with van der Waals surface area (Å²) in [5.41, 5.74) is 8.91. The van der Waals surface area contributed by atoms with Crippen LogP contribution in [0.25, 0.3) is 44.7 Å². The maximum atomic E-state index is 13.1. The molecule has 14 nitrogen and oxygen atoms in total. The molecule has 1 aromatic heterocycles. The number of hydrogen-bond acceptors (Lipinski definition) is 14. The Morgan fingerprint density at radius 1 is 0.395 bits per heavy atom. The van der Waals surface area contributed by atoms with Gasteiger partial charge in [-0.2, -0.15) is 0 Å². The van der Waals surface area contributed by atoms with Gasteiger partial charge in [0.15, 0.2) is 0 Å². The molecule has 0 atom stereocenters. The van der Waals surface area contributed by atoms with Crippen LogP contribution in [0, 0.1) is 0 Å². The Balaban J connectivity index is 0.896. The first kappa shape index (κ1) is 62.8. The number of unbranched alkanes of at least 4 members (excludes halogenated alkanes) is 8. The quantitative estimate of drug-likeness (QED) is 0.0157. The van der Waals surface area contributed by atoms with Crippen molar-refractivity contribution >= 4 is 28.9 Å². The highest BCUT2D eigenvalue weighted by Crippen LogP contribution is 2.35. The number of ether oxygens (including phenoxy) is 9. The van der Waals surface area contributed by atoms with Gasteiger partial charge in [-0.15, -0.1) is 0 Å². The number of rotatable bonds is 37. The van der Waals surface area contributed by atoms with E-state index in [-0.39, 0.29) is 18.5 Å². The number of fused-ring (bicyclic) bond motifs is 1. The molecule has 0 aliphatic carbocycles. The zero-order valence-electron chi connectivity index (χ0n) is 49.1. The lowest BCUT2D eigenvalue weighted by molar-refractivity contribution is -0.138. The Morgan fingerprint density at radius 2 is 0.849 bits per heavy atom. The fourth-order valence-electron chi connectivity index (χ4n) is 9.22. The molecule has 14 heteroatoms. The number of aromatic nitrogens is 2. The van der Waals surface area contributed by atoms with Crippen LogP contribution >= 0.6 is 0 Å². The molecular formula is C72H76N2O12. The number of esters is 3. The number of nitrogens with zero attached hydrogens (tertiary/aromatic N) is 2. The van der Waals surface area contributed by atoms with Gasteiger partial charge in [-0.05, 0) is 176 Å². The van der Waals surface area contributed by atoms with Crippen molar-refractivity contribution in [3.8, 4) is 68.1 Å². The zero-order valence-corrected chi connectivity index (χ0v) is 49.1. The van der Waals surface area contributed by atoms with Gasteiger partial charge < -0.3 is 42.6 Å². The lowest BCUT2D eigenvalue weighted by Gasteiger charge is -2.14. The largest absolute Gasteiger partial charge is 0.494 e. The smallest absolute Gasteiger partial charge is 0.343 e. The molecule has 0 saturated carbocycles. The van der Waals surface area contributed by atoms with Crippen molar-refractivity contribution in [2.24, 2.45) is 0 Å². The fourth-order valence-corrected chi connectivity index (χ4v) is 9.22. The van der Waals surface area contributed by atoms with Gasteiger partial charge in [0.25, 0.3) is 0 Å². The highest BCUT2D eigenvalue weighted by molar-refractivity contribution is 5.91. The fraction of sp³-hybridized carbons (Fsp3) is 0.292. The normalized spacial score (nSPS) is 10.9. The van der Waals surface area contributed by atoms with Crippen molar-refractivity contribution in [2.45, 2.75) is 90.8 Å². The van der Waals surface area contributed by atoms with Crippen LogP contribution in [0.4, 0.5) is 0 Å². The molecule has 8 rings (SSSR count). The predicted molar refractivity (Wildman–Crippen MR) is 335 cm³/mol. The van der Waals surface area contributed by atoms with Gasteiger partial charge in [-0.1, -0.05) is 100 Å².